The van der Waals surface area contributed by atoms with Crippen molar-refractivity contribution in [1.29, 1.82) is 0 Å². The highest BCUT2D eigenvalue weighted by molar-refractivity contribution is 7.88. The second kappa shape index (κ2) is 7.17. The molecule has 0 spiro atoms. The summed E-state index contributed by atoms with van der Waals surface area (Å²) in [6.45, 7) is 4.97. The highest BCUT2D eigenvalue weighted by atomic mass is 32.2. The highest BCUT2D eigenvalue weighted by Gasteiger charge is 2.35. The van der Waals surface area contributed by atoms with Crippen molar-refractivity contribution < 1.29 is 17.9 Å². The van der Waals surface area contributed by atoms with E-state index in [-0.39, 0.29) is 23.7 Å². The number of carbonyl (C=O) groups is 1. The molecule has 0 aromatic rings. The van der Waals surface area contributed by atoms with Gasteiger partial charge in [0.15, 0.2) is 0 Å². The second-order valence-electron chi connectivity index (χ2n) is 6.11. The van der Waals surface area contributed by atoms with Gasteiger partial charge < -0.3 is 10.1 Å². The smallest absolute Gasteiger partial charge is 0.211 e. The molecular weight excluding hydrogens is 292 g/mol. The number of ether oxygens (including phenoxy) is 1. The third kappa shape index (κ3) is 4.48. The van der Waals surface area contributed by atoms with E-state index in [1.165, 1.54) is 10.6 Å². The molecule has 1 N–H and O–H groups in total. The number of nitrogens with zero attached hydrogens (tertiary/aromatic N) is 1. The first-order valence-corrected chi connectivity index (χ1v) is 9.55. The highest BCUT2D eigenvalue weighted by Crippen LogP contribution is 2.25. The Morgan fingerprint density at radius 2 is 2.14 bits per heavy atom. The number of carbonyl (C=O) groups excluding carboxylic acids is 1. The fourth-order valence-corrected chi connectivity index (χ4v) is 4.21. The van der Waals surface area contributed by atoms with Crippen molar-refractivity contribution in [2.24, 2.45) is 11.8 Å². The molecule has 0 aromatic carbocycles. The van der Waals surface area contributed by atoms with Gasteiger partial charge in [0.2, 0.25) is 10.0 Å². The Labute approximate surface area is 127 Å². The summed E-state index contributed by atoms with van der Waals surface area (Å²) >= 11 is 0. The number of piperidine rings is 1. The molecular formula is C14H26N2O4S. The van der Waals surface area contributed by atoms with Gasteiger partial charge in [0.05, 0.1) is 25.4 Å². The van der Waals surface area contributed by atoms with E-state index in [1.807, 2.05) is 6.92 Å². The lowest BCUT2D eigenvalue weighted by Gasteiger charge is -2.31. The first-order valence-electron chi connectivity index (χ1n) is 7.70. The first-order chi connectivity index (χ1) is 9.91. The molecule has 3 atom stereocenters. The minimum Gasteiger partial charge on any atom is -0.379 e. The van der Waals surface area contributed by atoms with Crippen molar-refractivity contribution in [3.05, 3.63) is 0 Å². The van der Waals surface area contributed by atoms with Gasteiger partial charge in [-0.15, -0.1) is 0 Å². The van der Waals surface area contributed by atoms with E-state index in [0.29, 0.717) is 32.7 Å². The summed E-state index contributed by atoms with van der Waals surface area (Å²) in [7, 11) is -3.15. The number of ketones is 1. The maximum absolute atomic E-state index is 12.5. The van der Waals surface area contributed by atoms with Crippen LogP contribution in [0.3, 0.4) is 0 Å². The zero-order valence-corrected chi connectivity index (χ0v) is 13.7. The molecule has 0 aliphatic carbocycles. The number of rotatable bonds is 6. The molecule has 2 aliphatic heterocycles. The van der Waals surface area contributed by atoms with Crippen molar-refractivity contribution in [2.75, 3.05) is 39.1 Å². The van der Waals surface area contributed by atoms with Crippen molar-refractivity contribution in [2.45, 2.75) is 32.2 Å². The molecule has 0 saturated carbocycles. The summed E-state index contributed by atoms with van der Waals surface area (Å²) in [4.78, 5) is 12.5. The van der Waals surface area contributed by atoms with Gasteiger partial charge in [-0.3, -0.25) is 4.79 Å². The van der Waals surface area contributed by atoms with Crippen LogP contribution in [0.15, 0.2) is 0 Å². The Morgan fingerprint density at radius 1 is 1.38 bits per heavy atom. The molecule has 122 valence electrons. The van der Waals surface area contributed by atoms with Gasteiger partial charge in [0.1, 0.15) is 5.78 Å². The van der Waals surface area contributed by atoms with Crippen molar-refractivity contribution >= 4 is 15.8 Å². The fraction of sp³-hybridized carbons (Fsp3) is 0.929. The second-order valence-corrected chi connectivity index (χ2v) is 8.09. The van der Waals surface area contributed by atoms with Gasteiger partial charge in [0, 0.05) is 25.6 Å². The number of hydrogen-bond acceptors (Lipinski definition) is 5. The Bertz CT molecular complexity index is 466. The van der Waals surface area contributed by atoms with Gasteiger partial charge in [-0.05, 0) is 25.3 Å². The minimum absolute atomic E-state index is 0.0847. The van der Waals surface area contributed by atoms with E-state index in [0.717, 1.165) is 19.4 Å². The monoisotopic (exact) mass is 318 g/mol. The third-order valence-electron chi connectivity index (χ3n) is 4.40. The predicted molar refractivity (Wildman–Crippen MR) is 80.5 cm³/mol. The summed E-state index contributed by atoms with van der Waals surface area (Å²) in [5, 5.41) is 3.29. The number of nitrogens with one attached hydrogen (secondary N) is 1. The quantitative estimate of drug-likeness (QED) is 0.759. The summed E-state index contributed by atoms with van der Waals surface area (Å²) in [6.07, 6.45) is 3.46. The zero-order valence-electron chi connectivity index (χ0n) is 12.9. The summed E-state index contributed by atoms with van der Waals surface area (Å²) in [5.41, 5.74) is 0. The lowest BCUT2D eigenvalue weighted by atomic mass is 9.87. The van der Waals surface area contributed by atoms with Crippen LogP contribution in [0.1, 0.15) is 26.2 Å². The summed E-state index contributed by atoms with van der Waals surface area (Å²) in [6, 6.07) is 0.108. The van der Waals surface area contributed by atoms with E-state index in [2.05, 4.69) is 5.32 Å². The lowest BCUT2D eigenvalue weighted by molar-refractivity contribution is -0.124. The molecule has 0 radical (unpaired) electrons. The van der Waals surface area contributed by atoms with E-state index in [4.69, 9.17) is 4.74 Å². The standard InChI is InChI=1S/C14H26N2O4S/c1-3-15-13-10-20-9-12(13)14(17)7-11-5-4-6-16(8-11)21(2,18)19/h11-13,15H,3-10H2,1-2H3. The SMILES string of the molecule is CCNC1COCC1C(=O)CC1CCCN(S(C)(=O)=O)C1. The predicted octanol–water partition coefficient (Wildman–Crippen LogP) is 0.242. The van der Waals surface area contributed by atoms with E-state index in [9.17, 15) is 13.2 Å². The maximum Gasteiger partial charge on any atom is 0.211 e. The molecule has 2 fully saturated rings. The Balaban J connectivity index is 1.90. The molecule has 21 heavy (non-hydrogen) atoms. The largest absolute Gasteiger partial charge is 0.379 e. The summed E-state index contributed by atoms with van der Waals surface area (Å²) < 4.78 is 30.2. The molecule has 7 heteroatoms. The van der Waals surface area contributed by atoms with Crippen molar-refractivity contribution in [1.82, 2.24) is 9.62 Å². The minimum atomic E-state index is -3.15. The first kappa shape index (κ1) is 16.9. The average Bonchev–Trinajstić information content (AvgIpc) is 2.87. The van der Waals surface area contributed by atoms with Crippen LogP contribution in [0.5, 0.6) is 0 Å². The molecule has 3 unspecified atom stereocenters. The van der Waals surface area contributed by atoms with Crippen LogP contribution < -0.4 is 5.32 Å². The van der Waals surface area contributed by atoms with E-state index >= 15 is 0 Å². The van der Waals surface area contributed by atoms with Crippen LogP contribution in [0.25, 0.3) is 0 Å². The lowest BCUT2D eigenvalue weighted by Crippen LogP contribution is -2.42. The number of likely N-dealkylation sites (N-methyl/N-ethyl adjacent to an activating group) is 1. The van der Waals surface area contributed by atoms with Crippen LogP contribution in [0, 0.1) is 11.8 Å². The zero-order chi connectivity index (χ0) is 15.5. The maximum atomic E-state index is 12.5. The average molecular weight is 318 g/mol. The number of Topliss-reactive ketones (excluding diaryl/α,β-unsaturated/α-hetero) is 1. The Morgan fingerprint density at radius 3 is 2.81 bits per heavy atom. The van der Waals surface area contributed by atoms with Gasteiger partial charge in [0.25, 0.3) is 0 Å². The van der Waals surface area contributed by atoms with Crippen LogP contribution in [-0.4, -0.2) is 63.7 Å². The van der Waals surface area contributed by atoms with Crippen molar-refractivity contribution in [3.63, 3.8) is 0 Å². The molecule has 2 saturated heterocycles. The number of hydrogen-bond donors (Lipinski definition) is 1. The third-order valence-corrected chi connectivity index (χ3v) is 5.67. The topological polar surface area (TPSA) is 75.7 Å². The van der Waals surface area contributed by atoms with E-state index < -0.39 is 10.0 Å². The molecule has 6 nitrogen and oxygen atoms in total. The molecule has 2 aliphatic rings. The normalized spacial score (nSPS) is 31.4. The van der Waals surface area contributed by atoms with Crippen molar-refractivity contribution in [3.8, 4) is 0 Å². The van der Waals surface area contributed by atoms with Crippen LogP contribution in [0.4, 0.5) is 0 Å². The molecule has 0 aromatic heterocycles. The van der Waals surface area contributed by atoms with Crippen LogP contribution >= 0.6 is 0 Å². The number of sulfonamides is 1. The molecule has 2 rings (SSSR count). The Hall–Kier alpha value is -0.500. The molecule has 0 amide bonds. The van der Waals surface area contributed by atoms with Gasteiger partial charge in [-0.2, -0.15) is 0 Å². The molecule has 2 heterocycles. The van der Waals surface area contributed by atoms with Gasteiger partial charge in [-0.25, -0.2) is 12.7 Å². The van der Waals surface area contributed by atoms with Crippen LogP contribution in [0.2, 0.25) is 0 Å². The van der Waals surface area contributed by atoms with Gasteiger partial charge in [-0.1, -0.05) is 6.92 Å². The van der Waals surface area contributed by atoms with E-state index in [1.54, 1.807) is 0 Å². The summed E-state index contributed by atoms with van der Waals surface area (Å²) in [5.74, 6) is 0.265. The van der Waals surface area contributed by atoms with Gasteiger partial charge >= 0.3 is 0 Å². The Kier molecular flexibility index (Phi) is 5.76. The van der Waals surface area contributed by atoms with Crippen LogP contribution in [-0.2, 0) is 19.6 Å². The molecule has 0 bridgehead atoms. The fourth-order valence-electron chi connectivity index (χ4n) is 3.27.